The van der Waals surface area contributed by atoms with Gasteiger partial charge in [0, 0.05) is 18.7 Å². The van der Waals surface area contributed by atoms with Crippen LogP contribution < -0.4 is 15.4 Å². The van der Waals surface area contributed by atoms with Gasteiger partial charge in [-0.3, -0.25) is 9.59 Å². The molecule has 2 aromatic rings. The SMILES string of the molecule is O=C1CC(C(=O)NCc2cccc(OCC(F)(F)F)c2)c2ccc(F)cc2N1. The van der Waals surface area contributed by atoms with E-state index in [1.165, 1.54) is 30.3 Å². The van der Waals surface area contributed by atoms with Gasteiger partial charge in [-0.15, -0.1) is 0 Å². The van der Waals surface area contributed by atoms with Gasteiger partial charge < -0.3 is 15.4 Å². The number of hydrogen-bond donors (Lipinski definition) is 2. The van der Waals surface area contributed by atoms with Crippen LogP contribution in [0.3, 0.4) is 0 Å². The first kappa shape index (κ1) is 19.7. The highest BCUT2D eigenvalue weighted by Crippen LogP contribution is 2.33. The van der Waals surface area contributed by atoms with Gasteiger partial charge in [0.15, 0.2) is 6.61 Å². The van der Waals surface area contributed by atoms with Crippen molar-refractivity contribution in [2.45, 2.75) is 25.1 Å². The molecule has 0 fully saturated rings. The Kier molecular flexibility index (Phi) is 5.53. The van der Waals surface area contributed by atoms with E-state index in [0.29, 0.717) is 11.1 Å². The van der Waals surface area contributed by atoms with Gasteiger partial charge >= 0.3 is 6.18 Å². The number of carbonyl (C=O) groups is 2. The molecule has 0 saturated carbocycles. The average molecular weight is 396 g/mol. The predicted octanol–water partition coefficient (Wildman–Crippen LogP) is 3.51. The molecule has 5 nitrogen and oxygen atoms in total. The monoisotopic (exact) mass is 396 g/mol. The summed E-state index contributed by atoms with van der Waals surface area (Å²) in [4.78, 5) is 24.3. The van der Waals surface area contributed by atoms with Gasteiger partial charge in [0.1, 0.15) is 11.6 Å². The summed E-state index contributed by atoms with van der Waals surface area (Å²) in [7, 11) is 0. The van der Waals surface area contributed by atoms with Gasteiger partial charge in [0.2, 0.25) is 11.8 Å². The molecule has 1 aliphatic rings. The third kappa shape index (κ3) is 4.99. The van der Waals surface area contributed by atoms with Gasteiger partial charge in [-0.1, -0.05) is 18.2 Å². The second-order valence-electron chi connectivity index (χ2n) is 6.31. The molecule has 0 radical (unpaired) electrons. The summed E-state index contributed by atoms with van der Waals surface area (Å²) in [5.41, 5.74) is 1.28. The molecule has 3 rings (SSSR count). The van der Waals surface area contributed by atoms with E-state index < -0.39 is 36.3 Å². The lowest BCUT2D eigenvalue weighted by Crippen LogP contribution is -2.34. The summed E-state index contributed by atoms with van der Waals surface area (Å²) in [6, 6.07) is 9.71. The highest BCUT2D eigenvalue weighted by Gasteiger charge is 2.31. The molecule has 148 valence electrons. The fraction of sp³-hybridized carbons (Fsp3) is 0.263. The molecule has 2 N–H and O–H groups in total. The third-order valence-corrected chi connectivity index (χ3v) is 4.14. The summed E-state index contributed by atoms with van der Waals surface area (Å²) in [6.45, 7) is -1.37. The quantitative estimate of drug-likeness (QED) is 0.761. The van der Waals surface area contributed by atoms with Crippen molar-refractivity contribution in [3.05, 3.63) is 59.4 Å². The molecule has 0 aromatic heterocycles. The summed E-state index contributed by atoms with van der Waals surface area (Å²) in [6.07, 6.45) is -4.53. The Hall–Kier alpha value is -3.10. The Morgan fingerprint density at radius 3 is 2.75 bits per heavy atom. The lowest BCUT2D eigenvalue weighted by Gasteiger charge is -2.25. The van der Waals surface area contributed by atoms with Crippen LogP contribution in [-0.4, -0.2) is 24.6 Å². The number of fused-ring (bicyclic) bond motifs is 1. The smallest absolute Gasteiger partial charge is 0.422 e. The molecule has 28 heavy (non-hydrogen) atoms. The summed E-state index contributed by atoms with van der Waals surface area (Å²) < 4.78 is 54.8. The number of halogens is 4. The van der Waals surface area contributed by atoms with E-state index in [1.54, 1.807) is 6.07 Å². The number of benzene rings is 2. The zero-order chi connectivity index (χ0) is 20.3. The van der Waals surface area contributed by atoms with Gasteiger partial charge in [-0.05, 0) is 35.4 Å². The van der Waals surface area contributed by atoms with Crippen molar-refractivity contribution in [1.29, 1.82) is 0 Å². The van der Waals surface area contributed by atoms with Crippen molar-refractivity contribution in [1.82, 2.24) is 5.32 Å². The second-order valence-corrected chi connectivity index (χ2v) is 6.31. The number of ether oxygens (including phenoxy) is 1. The lowest BCUT2D eigenvalue weighted by molar-refractivity contribution is -0.153. The third-order valence-electron chi connectivity index (χ3n) is 4.14. The van der Waals surface area contributed by atoms with Crippen molar-refractivity contribution in [2.75, 3.05) is 11.9 Å². The van der Waals surface area contributed by atoms with Crippen LogP contribution in [0.4, 0.5) is 23.2 Å². The van der Waals surface area contributed by atoms with Crippen molar-refractivity contribution in [3.8, 4) is 5.75 Å². The number of nitrogens with one attached hydrogen (secondary N) is 2. The minimum atomic E-state index is -4.45. The Morgan fingerprint density at radius 2 is 2.00 bits per heavy atom. The van der Waals surface area contributed by atoms with Crippen LogP contribution in [0.5, 0.6) is 5.75 Å². The molecule has 1 aliphatic heterocycles. The minimum Gasteiger partial charge on any atom is -0.484 e. The first-order chi connectivity index (χ1) is 13.2. The predicted molar refractivity (Wildman–Crippen MR) is 92.2 cm³/mol. The van der Waals surface area contributed by atoms with Crippen LogP contribution in [0.1, 0.15) is 23.5 Å². The lowest BCUT2D eigenvalue weighted by atomic mass is 9.89. The Morgan fingerprint density at radius 1 is 1.21 bits per heavy atom. The van der Waals surface area contributed by atoms with Gasteiger partial charge in [-0.25, -0.2) is 4.39 Å². The number of rotatable bonds is 5. The number of anilines is 1. The van der Waals surface area contributed by atoms with Crippen LogP contribution in [0.15, 0.2) is 42.5 Å². The highest BCUT2D eigenvalue weighted by molar-refractivity contribution is 6.01. The van der Waals surface area contributed by atoms with Crippen molar-refractivity contribution >= 4 is 17.5 Å². The zero-order valence-electron chi connectivity index (χ0n) is 14.5. The summed E-state index contributed by atoms with van der Waals surface area (Å²) in [5, 5.41) is 5.18. The highest BCUT2D eigenvalue weighted by atomic mass is 19.4. The summed E-state index contributed by atoms with van der Waals surface area (Å²) in [5.74, 6) is -2.13. The van der Waals surface area contributed by atoms with E-state index in [9.17, 15) is 27.2 Å². The first-order valence-electron chi connectivity index (χ1n) is 8.37. The summed E-state index contributed by atoms with van der Waals surface area (Å²) >= 11 is 0. The first-order valence-corrected chi connectivity index (χ1v) is 8.37. The Bertz CT molecular complexity index is 899. The van der Waals surface area contributed by atoms with Crippen molar-refractivity contribution in [3.63, 3.8) is 0 Å². The molecule has 9 heteroatoms. The number of carbonyl (C=O) groups excluding carboxylic acids is 2. The van der Waals surface area contributed by atoms with Crippen molar-refractivity contribution < 1.29 is 31.9 Å². The fourth-order valence-electron chi connectivity index (χ4n) is 2.89. The number of alkyl halides is 3. The number of amides is 2. The maximum absolute atomic E-state index is 13.4. The molecule has 2 amide bonds. The van der Waals surface area contributed by atoms with Gasteiger partial charge in [-0.2, -0.15) is 13.2 Å². The molecule has 0 bridgehead atoms. The Labute approximate surface area is 157 Å². The van der Waals surface area contributed by atoms with Crippen LogP contribution in [0, 0.1) is 5.82 Å². The van der Waals surface area contributed by atoms with Gasteiger partial charge in [0.25, 0.3) is 0 Å². The van der Waals surface area contributed by atoms with Crippen LogP contribution in [0.25, 0.3) is 0 Å². The fourth-order valence-corrected chi connectivity index (χ4v) is 2.89. The van der Waals surface area contributed by atoms with E-state index >= 15 is 0 Å². The zero-order valence-corrected chi connectivity index (χ0v) is 14.5. The van der Waals surface area contributed by atoms with Gasteiger partial charge in [0.05, 0.1) is 5.92 Å². The van der Waals surface area contributed by atoms with E-state index in [1.807, 2.05) is 0 Å². The Balaban J connectivity index is 1.66. The molecule has 0 aliphatic carbocycles. The molecule has 1 atom stereocenters. The standard InChI is InChI=1S/C19H16F4N2O3/c20-12-4-5-14-15(8-17(26)25-16(14)7-12)18(27)24-9-11-2-1-3-13(6-11)28-10-19(21,22)23/h1-7,15H,8-10H2,(H,24,27)(H,25,26). The molecule has 2 aromatic carbocycles. The molecule has 1 unspecified atom stereocenters. The largest absolute Gasteiger partial charge is 0.484 e. The minimum absolute atomic E-state index is 0.0296. The van der Waals surface area contributed by atoms with E-state index in [-0.39, 0.29) is 24.4 Å². The molecule has 1 heterocycles. The maximum Gasteiger partial charge on any atom is 0.422 e. The number of hydrogen-bond acceptors (Lipinski definition) is 3. The van der Waals surface area contributed by atoms with Crippen LogP contribution >= 0.6 is 0 Å². The van der Waals surface area contributed by atoms with Crippen molar-refractivity contribution in [2.24, 2.45) is 0 Å². The topological polar surface area (TPSA) is 67.4 Å². The van der Waals surface area contributed by atoms with E-state index in [0.717, 1.165) is 6.07 Å². The van der Waals surface area contributed by atoms with E-state index in [4.69, 9.17) is 0 Å². The maximum atomic E-state index is 13.4. The normalized spacial score (nSPS) is 16.1. The molecular weight excluding hydrogens is 380 g/mol. The average Bonchev–Trinajstić information content (AvgIpc) is 2.63. The second kappa shape index (κ2) is 7.87. The molecule has 0 spiro atoms. The molecular formula is C19H16F4N2O3. The van der Waals surface area contributed by atoms with Crippen LogP contribution in [-0.2, 0) is 16.1 Å². The van der Waals surface area contributed by atoms with Crippen LogP contribution in [0.2, 0.25) is 0 Å². The molecule has 0 saturated heterocycles. The van der Waals surface area contributed by atoms with E-state index in [2.05, 4.69) is 15.4 Å².